The van der Waals surface area contributed by atoms with Crippen molar-refractivity contribution in [2.45, 2.75) is 34.6 Å². The summed E-state index contributed by atoms with van der Waals surface area (Å²) in [6.45, 7) is 15.7. The van der Waals surface area contributed by atoms with Crippen molar-refractivity contribution >= 4 is 15.2 Å². The van der Waals surface area contributed by atoms with Crippen LogP contribution < -0.4 is 15.8 Å². The summed E-state index contributed by atoms with van der Waals surface area (Å²) in [4.78, 5) is 24.3. The summed E-state index contributed by atoms with van der Waals surface area (Å²) in [6.07, 6.45) is 3.52. The maximum atomic E-state index is 11.4. The van der Waals surface area contributed by atoms with Crippen LogP contribution in [-0.2, 0) is 19.4 Å². The van der Waals surface area contributed by atoms with Crippen molar-refractivity contribution in [2.75, 3.05) is 19.0 Å². The van der Waals surface area contributed by atoms with E-state index in [1.54, 1.807) is 25.1 Å². The number of hydrogen-bond donors (Lipinski definition) is 0. The molecule has 0 N–H and O–H groups in total. The first-order valence-electron chi connectivity index (χ1n) is 6.68. The second kappa shape index (κ2) is 10.7. The van der Waals surface area contributed by atoms with Crippen molar-refractivity contribution in [1.82, 2.24) is 0 Å². The van der Waals surface area contributed by atoms with E-state index in [2.05, 4.69) is 0 Å². The Balaban J connectivity index is 0. The third-order valence-corrected chi connectivity index (χ3v) is 2.61. The Morgan fingerprint density at radius 2 is 1.50 bits per heavy atom. The van der Waals surface area contributed by atoms with Crippen molar-refractivity contribution in [3.63, 3.8) is 0 Å². The molecule has 20 heavy (non-hydrogen) atoms. The zero-order chi connectivity index (χ0) is 16.5. The van der Waals surface area contributed by atoms with Gasteiger partial charge in [-0.05, 0) is 0 Å². The fourth-order valence-corrected chi connectivity index (χ4v) is 1.61. The van der Waals surface area contributed by atoms with E-state index in [-0.39, 0.29) is 0 Å². The Morgan fingerprint density at radius 1 is 1.05 bits per heavy atom. The van der Waals surface area contributed by atoms with Gasteiger partial charge in [0, 0.05) is 0 Å². The van der Waals surface area contributed by atoms with Gasteiger partial charge in [0.15, 0.2) is 0 Å². The maximum absolute atomic E-state index is 11.4. The van der Waals surface area contributed by atoms with Crippen LogP contribution in [0.1, 0.15) is 40.2 Å². The predicted molar refractivity (Wildman–Crippen MR) is 85.9 cm³/mol. The SMILES string of the molecule is CC.CC.[CH-]=C(C=C[C](C)=[W])c1c(N(C)C)c(=O)c1=O. The number of nitrogens with zero attached hydrogens (tertiary/aromatic N) is 1. The van der Waals surface area contributed by atoms with Crippen LogP contribution in [0.4, 0.5) is 5.69 Å². The van der Waals surface area contributed by atoms with Crippen molar-refractivity contribution in [2.24, 2.45) is 0 Å². The quantitative estimate of drug-likeness (QED) is 0.406. The van der Waals surface area contributed by atoms with Crippen molar-refractivity contribution in [1.29, 1.82) is 0 Å². The van der Waals surface area contributed by atoms with Gasteiger partial charge in [0.25, 0.3) is 0 Å². The Morgan fingerprint density at radius 3 is 1.85 bits per heavy atom. The van der Waals surface area contributed by atoms with E-state index in [1.807, 2.05) is 40.7 Å². The van der Waals surface area contributed by atoms with Gasteiger partial charge in [-0.3, -0.25) is 0 Å². The first kappa shape index (κ1) is 21.2. The van der Waals surface area contributed by atoms with E-state index in [0.717, 1.165) is 3.90 Å². The summed E-state index contributed by atoms with van der Waals surface area (Å²) in [5.41, 5.74) is 0.135. The van der Waals surface area contributed by atoms with Gasteiger partial charge in [-0.1, -0.05) is 27.7 Å². The number of allylic oxidation sites excluding steroid dienone is 3. The molecule has 0 spiro atoms. The molecule has 0 unspecified atom stereocenters. The van der Waals surface area contributed by atoms with E-state index in [0.29, 0.717) is 16.8 Å². The number of anilines is 1. The third kappa shape index (κ3) is 5.50. The fourth-order valence-electron chi connectivity index (χ4n) is 1.36. The standard InChI is InChI=1S/C12H12NO2.2C2H6.W/c1-5-6-7-8(2)9-10(13(3)4)12(15)11(9)14;2*1-2;/h2,6-7H,1,3-4H3;2*1-2H3;/q-1;;;. The van der Waals surface area contributed by atoms with Crippen LogP contribution in [0.15, 0.2) is 21.7 Å². The molecule has 0 fully saturated rings. The summed E-state index contributed by atoms with van der Waals surface area (Å²) in [7, 11) is 3.44. The topological polar surface area (TPSA) is 37.4 Å². The first-order chi connectivity index (χ1) is 9.36. The molecule has 1 rings (SSSR count). The van der Waals surface area contributed by atoms with Crippen LogP contribution in [-0.4, -0.2) is 18.0 Å². The molecule has 0 saturated carbocycles. The number of hydrogen-bond acceptors (Lipinski definition) is 3. The molecule has 1 aromatic carbocycles. The Kier molecular flexibility index (Phi) is 11.3. The van der Waals surface area contributed by atoms with E-state index >= 15 is 0 Å². The Labute approximate surface area is 133 Å². The average molecular weight is 446 g/mol. The molecule has 0 saturated heterocycles. The second-order valence-electron chi connectivity index (χ2n) is 3.68. The molecule has 1 aromatic rings. The molecule has 0 amide bonds. The van der Waals surface area contributed by atoms with E-state index < -0.39 is 10.9 Å². The second-order valence-corrected chi connectivity index (χ2v) is 5.99. The fraction of sp³-hybridized carbons (Fsp3) is 0.438. The summed E-state index contributed by atoms with van der Waals surface area (Å²) in [5, 5.41) is 0. The predicted octanol–water partition coefficient (Wildman–Crippen LogP) is 2.51. The van der Waals surface area contributed by atoms with E-state index in [9.17, 15) is 9.59 Å². The summed E-state index contributed by atoms with van der Waals surface area (Å²) in [6, 6.07) is 0. The zero-order valence-electron chi connectivity index (χ0n) is 13.4. The van der Waals surface area contributed by atoms with Crippen LogP contribution in [0.3, 0.4) is 0 Å². The molecule has 112 valence electrons. The molecule has 0 atom stereocenters. The van der Waals surface area contributed by atoms with Crippen LogP contribution in [0.5, 0.6) is 0 Å². The molecule has 0 heterocycles. The average Bonchev–Trinajstić information content (AvgIpc) is 2.44. The van der Waals surface area contributed by atoms with Crippen LogP contribution in [0, 0.1) is 6.58 Å². The van der Waals surface area contributed by atoms with Gasteiger partial charge in [-0.25, -0.2) is 0 Å². The zero-order valence-corrected chi connectivity index (χ0v) is 16.3. The van der Waals surface area contributed by atoms with Gasteiger partial charge < -0.3 is 0 Å². The summed E-state index contributed by atoms with van der Waals surface area (Å²) in [5.74, 6) is 0. The molecule has 4 heteroatoms. The minimum atomic E-state index is -0.494. The van der Waals surface area contributed by atoms with Gasteiger partial charge in [0.05, 0.1) is 0 Å². The molecule has 0 bridgehead atoms. The summed E-state index contributed by atoms with van der Waals surface area (Å²) < 4.78 is 1.16. The molecular weight excluding hydrogens is 422 g/mol. The molecule has 3 nitrogen and oxygen atoms in total. The van der Waals surface area contributed by atoms with Crippen molar-refractivity contribution in [3.8, 4) is 0 Å². The van der Waals surface area contributed by atoms with Crippen LogP contribution in [0.25, 0.3) is 5.57 Å². The number of rotatable bonds is 4. The minimum absolute atomic E-state index is 0.336. The van der Waals surface area contributed by atoms with E-state index in [4.69, 9.17) is 6.58 Å². The van der Waals surface area contributed by atoms with Gasteiger partial charge in [0.1, 0.15) is 0 Å². The monoisotopic (exact) mass is 446 g/mol. The molecule has 0 aromatic heterocycles. The molecular formula is C16H24NO2W-. The van der Waals surface area contributed by atoms with Gasteiger partial charge in [-0.2, -0.15) is 0 Å². The molecule has 0 radical (unpaired) electrons. The van der Waals surface area contributed by atoms with Gasteiger partial charge in [-0.15, -0.1) is 0 Å². The van der Waals surface area contributed by atoms with Crippen molar-refractivity contribution in [3.05, 3.63) is 44.7 Å². The Hall–Kier alpha value is -1.08. The third-order valence-electron chi connectivity index (χ3n) is 2.12. The van der Waals surface area contributed by atoms with Gasteiger partial charge in [0.2, 0.25) is 0 Å². The first-order valence-corrected chi connectivity index (χ1v) is 8.15. The van der Waals surface area contributed by atoms with Crippen LogP contribution in [0.2, 0.25) is 0 Å². The molecule has 0 aliphatic rings. The Bertz CT molecular complexity index is 547. The van der Waals surface area contributed by atoms with Crippen molar-refractivity contribution < 1.29 is 19.4 Å². The summed E-state index contributed by atoms with van der Waals surface area (Å²) >= 11 is 1.34. The normalized spacial score (nSPS) is 9.35. The van der Waals surface area contributed by atoms with Gasteiger partial charge >= 0.3 is 105 Å². The van der Waals surface area contributed by atoms with E-state index in [1.165, 1.54) is 19.4 Å². The van der Waals surface area contributed by atoms with Crippen LogP contribution >= 0.6 is 0 Å². The molecule has 0 aliphatic heterocycles. The molecule has 0 aliphatic carbocycles.